The molecule has 98 valence electrons. The van der Waals surface area contributed by atoms with Gasteiger partial charge in [-0.1, -0.05) is 24.3 Å². The Bertz CT molecular complexity index is 442. The first-order chi connectivity index (χ1) is 8.50. The average Bonchev–Trinajstić information content (AvgIpc) is 2.27. The van der Waals surface area contributed by atoms with E-state index in [2.05, 4.69) is 19.9 Å². The number of aryl methyl sites for hydroxylation is 1. The normalized spacial score (nSPS) is 24.3. The van der Waals surface area contributed by atoms with E-state index in [4.69, 9.17) is 4.74 Å². The van der Waals surface area contributed by atoms with Crippen LogP contribution >= 0.6 is 0 Å². The van der Waals surface area contributed by atoms with Crippen LogP contribution in [-0.4, -0.2) is 23.1 Å². The number of benzene rings is 1. The van der Waals surface area contributed by atoms with Crippen molar-refractivity contribution in [2.45, 2.75) is 52.3 Å². The number of rotatable bonds is 2. The average molecular weight is 247 g/mol. The third-order valence-electron chi connectivity index (χ3n) is 3.58. The topological polar surface area (TPSA) is 29.5 Å². The summed E-state index contributed by atoms with van der Waals surface area (Å²) in [5, 5.41) is 0. The van der Waals surface area contributed by atoms with Crippen molar-refractivity contribution in [3.63, 3.8) is 0 Å². The highest BCUT2D eigenvalue weighted by Crippen LogP contribution is 2.32. The molecule has 0 saturated carbocycles. The van der Waals surface area contributed by atoms with Crippen LogP contribution in [0, 0.1) is 6.92 Å². The van der Waals surface area contributed by atoms with E-state index in [-0.39, 0.29) is 24.3 Å². The zero-order valence-corrected chi connectivity index (χ0v) is 11.5. The second-order valence-corrected chi connectivity index (χ2v) is 5.31. The molecule has 0 bridgehead atoms. The molecule has 3 heteroatoms. The number of hydrogen-bond acceptors (Lipinski definition) is 2. The summed E-state index contributed by atoms with van der Waals surface area (Å²) in [6.45, 7) is 8.19. The Labute approximate surface area is 109 Å². The van der Waals surface area contributed by atoms with Crippen molar-refractivity contribution < 1.29 is 9.53 Å². The van der Waals surface area contributed by atoms with Gasteiger partial charge in [0.2, 0.25) is 0 Å². The number of hydrogen-bond donors (Lipinski definition) is 0. The molecule has 2 atom stereocenters. The highest BCUT2D eigenvalue weighted by atomic mass is 16.6. The van der Waals surface area contributed by atoms with Gasteiger partial charge in [0, 0.05) is 18.5 Å². The zero-order chi connectivity index (χ0) is 13.3. The van der Waals surface area contributed by atoms with Crippen LogP contribution in [-0.2, 0) is 4.74 Å². The smallest absolute Gasteiger partial charge is 0.410 e. The van der Waals surface area contributed by atoms with E-state index in [1.807, 2.05) is 36.9 Å². The number of carbonyl (C=O) groups excluding carboxylic acids is 1. The van der Waals surface area contributed by atoms with Gasteiger partial charge in [-0.25, -0.2) is 4.79 Å². The molecule has 3 nitrogen and oxygen atoms in total. The number of amides is 1. The van der Waals surface area contributed by atoms with Crippen LogP contribution in [0.2, 0.25) is 0 Å². The molecule has 0 aromatic heterocycles. The molecule has 1 heterocycles. The highest BCUT2D eigenvalue weighted by Gasteiger charge is 2.35. The fraction of sp³-hybridized carbons (Fsp3) is 0.533. The highest BCUT2D eigenvalue weighted by molar-refractivity contribution is 5.69. The first kappa shape index (κ1) is 12.9. The molecule has 1 aromatic carbocycles. The molecule has 2 rings (SSSR count). The molecule has 0 aliphatic carbocycles. The molecular weight excluding hydrogens is 226 g/mol. The molecule has 1 fully saturated rings. The van der Waals surface area contributed by atoms with Crippen LogP contribution in [0.15, 0.2) is 24.3 Å². The summed E-state index contributed by atoms with van der Waals surface area (Å²) < 4.78 is 5.58. The first-order valence-electron chi connectivity index (χ1n) is 6.55. The van der Waals surface area contributed by atoms with Gasteiger partial charge >= 0.3 is 6.09 Å². The molecule has 18 heavy (non-hydrogen) atoms. The van der Waals surface area contributed by atoms with Crippen molar-refractivity contribution in [2.24, 2.45) is 0 Å². The molecule has 1 saturated heterocycles. The Balaban J connectivity index is 2.21. The third-order valence-corrected chi connectivity index (χ3v) is 3.58. The van der Waals surface area contributed by atoms with Gasteiger partial charge in [-0.15, -0.1) is 0 Å². The quantitative estimate of drug-likeness (QED) is 0.798. The lowest BCUT2D eigenvalue weighted by atomic mass is 9.96. The van der Waals surface area contributed by atoms with E-state index in [0.29, 0.717) is 0 Å². The van der Waals surface area contributed by atoms with Gasteiger partial charge in [0.25, 0.3) is 0 Å². The van der Waals surface area contributed by atoms with Crippen LogP contribution in [0.1, 0.15) is 44.4 Å². The molecule has 0 N–H and O–H groups in total. The minimum absolute atomic E-state index is 0.108. The van der Waals surface area contributed by atoms with Crippen molar-refractivity contribution in [1.82, 2.24) is 4.90 Å². The maximum atomic E-state index is 12.0. The maximum Gasteiger partial charge on any atom is 0.410 e. The van der Waals surface area contributed by atoms with Gasteiger partial charge in [-0.2, -0.15) is 0 Å². The standard InChI is InChI=1S/C15H21NO2/c1-10(2)16-12(4)9-14(18-15(16)17)13-8-6-5-7-11(13)3/h5-8,10,12,14H,9H2,1-4H3/t12-,14-/m0/s1. The number of cyclic esters (lactones) is 1. The minimum atomic E-state index is -0.197. The minimum Gasteiger partial charge on any atom is -0.441 e. The fourth-order valence-electron chi connectivity index (χ4n) is 2.69. The summed E-state index contributed by atoms with van der Waals surface area (Å²) in [5.41, 5.74) is 2.31. The summed E-state index contributed by atoms with van der Waals surface area (Å²) in [6, 6.07) is 8.51. The van der Waals surface area contributed by atoms with Gasteiger partial charge in [0.15, 0.2) is 0 Å². The SMILES string of the molecule is Cc1ccccc1[C@@H]1C[C@H](C)N(C(C)C)C(=O)O1. The van der Waals surface area contributed by atoms with Gasteiger partial charge in [0.1, 0.15) is 6.10 Å². The Hall–Kier alpha value is -1.51. The number of carbonyl (C=O) groups is 1. The summed E-state index contributed by atoms with van der Waals surface area (Å²) in [7, 11) is 0. The molecule has 1 aromatic rings. The zero-order valence-electron chi connectivity index (χ0n) is 11.5. The molecule has 0 radical (unpaired) electrons. The monoisotopic (exact) mass is 247 g/mol. The summed E-state index contributed by atoms with van der Waals surface area (Å²) >= 11 is 0. The van der Waals surface area contributed by atoms with Crippen LogP contribution in [0.25, 0.3) is 0 Å². The van der Waals surface area contributed by atoms with Crippen LogP contribution in [0.4, 0.5) is 4.79 Å². The molecule has 1 aliphatic rings. The molecule has 1 amide bonds. The van der Waals surface area contributed by atoms with E-state index >= 15 is 0 Å². The van der Waals surface area contributed by atoms with E-state index in [0.717, 1.165) is 12.0 Å². The number of nitrogens with zero attached hydrogens (tertiary/aromatic N) is 1. The predicted molar refractivity (Wildman–Crippen MR) is 71.5 cm³/mol. The van der Waals surface area contributed by atoms with Crippen molar-refractivity contribution >= 4 is 6.09 Å². The Morgan fingerprint density at radius 1 is 1.33 bits per heavy atom. The Morgan fingerprint density at radius 3 is 2.56 bits per heavy atom. The largest absolute Gasteiger partial charge is 0.441 e. The van der Waals surface area contributed by atoms with Crippen molar-refractivity contribution in [1.29, 1.82) is 0 Å². The van der Waals surface area contributed by atoms with Crippen molar-refractivity contribution in [3.05, 3.63) is 35.4 Å². The molecule has 0 unspecified atom stereocenters. The maximum absolute atomic E-state index is 12.0. The van der Waals surface area contributed by atoms with Gasteiger partial charge in [0.05, 0.1) is 0 Å². The molecule has 0 spiro atoms. The Kier molecular flexibility index (Phi) is 3.60. The third kappa shape index (κ3) is 2.35. The van der Waals surface area contributed by atoms with Crippen LogP contribution in [0.3, 0.4) is 0 Å². The van der Waals surface area contributed by atoms with Crippen molar-refractivity contribution in [2.75, 3.05) is 0 Å². The van der Waals surface area contributed by atoms with E-state index in [1.165, 1.54) is 5.56 Å². The Morgan fingerprint density at radius 2 is 2.00 bits per heavy atom. The second-order valence-electron chi connectivity index (χ2n) is 5.31. The lowest BCUT2D eigenvalue weighted by Crippen LogP contribution is -2.48. The first-order valence-corrected chi connectivity index (χ1v) is 6.55. The van der Waals surface area contributed by atoms with Gasteiger partial charge in [-0.3, -0.25) is 0 Å². The second kappa shape index (κ2) is 5.01. The van der Waals surface area contributed by atoms with Gasteiger partial charge in [-0.05, 0) is 38.8 Å². The van der Waals surface area contributed by atoms with Crippen LogP contribution < -0.4 is 0 Å². The van der Waals surface area contributed by atoms with E-state index in [1.54, 1.807) is 0 Å². The number of ether oxygens (including phenoxy) is 1. The van der Waals surface area contributed by atoms with Crippen LogP contribution in [0.5, 0.6) is 0 Å². The lowest BCUT2D eigenvalue weighted by Gasteiger charge is -2.39. The molecular formula is C15H21NO2. The fourth-order valence-corrected chi connectivity index (χ4v) is 2.69. The predicted octanol–water partition coefficient (Wildman–Crippen LogP) is 3.68. The van der Waals surface area contributed by atoms with Gasteiger partial charge < -0.3 is 9.64 Å². The molecule has 1 aliphatic heterocycles. The summed E-state index contributed by atoms with van der Waals surface area (Å²) in [5.74, 6) is 0. The van der Waals surface area contributed by atoms with E-state index < -0.39 is 0 Å². The summed E-state index contributed by atoms with van der Waals surface area (Å²) in [6.07, 6.45) is 0.551. The lowest BCUT2D eigenvalue weighted by molar-refractivity contribution is -0.00889. The van der Waals surface area contributed by atoms with Crippen molar-refractivity contribution in [3.8, 4) is 0 Å². The van der Waals surface area contributed by atoms with E-state index in [9.17, 15) is 4.79 Å². The summed E-state index contributed by atoms with van der Waals surface area (Å²) in [4.78, 5) is 13.9.